The average molecular weight is 606 g/mol. The summed E-state index contributed by atoms with van der Waals surface area (Å²) in [5.41, 5.74) is 5.46. The largest absolute Gasteiger partial charge is 0.416 e. The fraction of sp³-hybridized carbons (Fsp3) is 0.467. The first kappa shape index (κ1) is 33.5. The Morgan fingerprint density at radius 2 is 1.67 bits per heavy atom. The smallest absolute Gasteiger partial charge is 0.378 e. The van der Waals surface area contributed by atoms with Crippen LogP contribution in [0.4, 0.5) is 40.7 Å². The van der Waals surface area contributed by atoms with Gasteiger partial charge in [0.2, 0.25) is 5.95 Å². The van der Waals surface area contributed by atoms with Crippen LogP contribution in [0.25, 0.3) is 0 Å². The van der Waals surface area contributed by atoms with Crippen molar-refractivity contribution in [1.29, 1.82) is 0 Å². The summed E-state index contributed by atoms with van der Waals surface area (Å²) >= 11 is 0. The number of carbonyl (C=O) groups excluding carboxylic acids is 1. The highest BCUT2D eigenvalue weighted by Gasteiger charge is 2.31. The molecule has 2 aromatic heterocycles. The molecule has 3 heterocycles. The summed E-state index contributed by atoms with van der Waals surface area (Å²) in [7, 11) is 0. The van der Waals surface area contributed by atoms with Crippen molar-refractivity contribution in [3.63, 3.8) is 0 Å². The van der Waals surface area contributed by atoms with Crippen LogP contribution < -0.4 is 21.1 Å². The number of aromatic nitrogens is 3. The van der Waals surface area contributed by atoms with Crippen LogP contribution in [0.2, 0.25) is 0 Å². The molecule has 3 N–H and O–H groups in total. The molecule has 0 spiro atoms. The van der Waals surface area contributed by atoms with E-state index in [0.29, 0.717) is 50.4 Å². The zero-order chi connectivity index (χ0) is 31.2. The minimum Gasteiger partial charge on any atom is -0.378 e. The summed E-state index contributed by atoms with van der Waals surface area (Å²) in [5.74, 6) is -1.12. The van der Waals surface area contributed by atoms with Gasteiger partial charge in [-0.1, -0.05) is 52.9 Å². The molecule has 1 amide bonds. The predicted molar refractivity (Wildman–Crippen MR) is 159 cm³/mol. The van der Waals surface area contributed by atoms with Crippen LogP contribution in [-0.2, 0) is 17.3 Å². The van der Waals surface area contributed by atoms with Crippen LogP contribution in [0.15, 0.2) is 42.7 Å². The van der Waals surface area contributed by atoms with Gasteiger partial charge in [0.05, 0.1) is 36.9 Å². The number of alkyl halides is 3. The van der Waals surface area contributed by atoms with E-state index in [4.69, 9.17) is 4.74 Å². The molecule has 0 radical (unpaired) electrons. The number of hydrazine groups is 1. The van der Waals surface area contributed by atoms with Crippen molar-refractivity contribution < 1.29 is 27.1 Å². The van der Waals surface area contributed by atoms with Gasteiger partial charge in [0.1, 0.15) is 5.69 Å². The number of carbonyl (C=O) groups is 1. The molecule has 1 fully saturated rings. The second kappa shape index (κ2) is 16.6. The first-order chi connectivity index (χ1) is 20.6. The van der Waals surface area contributed by atoms with Gasteiger partial charge < -0.3 is 15.0 Å². The lowest BCUT2D eigenvalue weighted by Crippen LogP contribution is -2.38. The summed E-state index contributed by atoms with van der Waals surface area (Å²) in [4.78, 5) is 26.2. The van der Waals surface area contributed by atoms with Crippen LogP contribution in [0, 0.1) is 5.82 Å². The number of amides is 1. The second-order valence-corrected chi connectivity index (χ2v) is 9.97. The van der Waals surface area contributed by atoms with Gasteiger partial charge >= 0.3 is 6.18 Å². The lowest BCUT2D eigenvalue weighted by Gasteiger charge is -2.28. The minimum absolute atomic E-state index is 0.0121. The molecular formula is C30H39F4N7O2. The Balaban J connectivity index is 0.000000765. The average Bonchev–Trinajstić information content (AvgIpc) is 3.00. The molecule has 0 unspecified atom stereocenters. The molecule has 0 aliphatic carbocycles. The number of anilines is 4. The van der Waals surface area contributed by atoms with Crippen LogP contribution in [0.5, 0.6) is 0 Å². The quantitative estimate of drug-likeness (QED) is 0.123. The monoisotopic (exact) mass is 605 g/mol. The van der Waals surface area contributed by atoms with Gasteiger partial charge in [-0.15, -0.1) is 0 Å². The number of hydrogen-bond donors (Lipinski definition) is 3. The van der Waals surface area contributed by atoms with E-state index >= 15 is 0 Å². The van der Waals surface area contributed by atoms with E-state index in [1.54, 1.807) is 11.0 Å². The van der Waals surface area contributed by atoms with Gasteiger partial charge in [-0.3, -0.25) is 15.6 Å². The summed E-state index contributed by atoms with van der Waals surface area (Å²) < 4.78 is 59.2. The molecule has 234 valence electrons. The molecule has 9 nitrogen and oxygen atoms in total. The number of unbranched alkanes of at least 4 members (excludes halogenated alkanes) is 3. The lowest BCUT2D eigenvalue weighted by atomic mass is 10.0. The molecule has 1 aliphatic rings. The fourth-order valence-electron chi connectivity index (χ4n) is 4.22. The number of halogens is 4. The summed E-state index contributed by atoms with van der Waals surface area (Å²) in [6.07, 6.45) is 4.62. The summed E-state index contributed by atoms with van der Waals surface area (Å²) in [6, 6.07) is 6.74. The third kappa shape index (κ3) is 10.7. The number of aryl methyl sites for hydroxylation is 1. The molecule has 0 saturated carbocycles. The summed E-state index contributed by atoms with van der Waals surface area (Å²) in [5, 5.41) is 2.90. The van der Waals surface area contributed by atoms with Crippen LogP contribution in [0.3, 0.4) is 0 Å². The number of pyridine rings is 1. The minimum atomic E-state index is -4.47. The van der Waals surface area contributed by atoms with Crippen molar-refractivity contribution in [3.05, 3.63) is 65.4 Å². The van der Waals surface area contributed by atoms with Crippen molar-refractivity contribution in [2.45, 2.75) is 65.5 Å². The van der Waals surface area contributed by atoms with Crippen LogP contribution in [-0.4, -0.2) is 47.2 Å². The highest BCUT2D eigenvalue weighted by atomic mass is 19.4. The predicted octanol–water partition coefficient (Wildman–Crippen LogP) is 6.91. The van der Waals surface area contributed by atoms with E-state index < -0.39 is 23.5 Å². The van der Waals surface area contributed by atoms with E-state index in [1.165, 1.54) is 44.0 Å². The Labute approximate surface area is 249 Å². The number of nitrogens with one attached hydrogen (secondary N) is 3. The molecule has 3 aromatic rings. The third-order valence-corrected chi connectivity index (χ3v) is 6.42. The number of hydrogen-bond acceptors (Lipinski definition) is 8. The summed E-state index contributed by atoms with van der Waals surface area (Å²) in [6.45, 7) is 8.21. The highest BCUT2D eigenvalue weighted by Crippen LogP contribution is 2.33. The number of ether oxygens (including phenoxy) is 1. The molecule has 1 aromatic carbocycles. The van der Waals surface area contributed by atoms with Crippen LogP contribution >= 0.6 is 0 Å². The van der Waals surface area contributed by atoms with Gasteiger partial charge in [0, 0.05) is 18.8 Å². The maximum Gasteiger partial charge on any atom is 0.416 e. The van der Waals surface area contributed by atoms with Crippen molar-refractivity contribution in [3.8, 4) is 0 Å². The molecule has 0 bridgehead atoms. The Morgan fingerprint density at radius 1 is 0.953 bits per heavy atom. The normalized spacial score (nSPS) is 13.1. The van der Waals surface area contributed by atoms with Gasteiger partial charge in [-0.05, 0) is 42.3 Å². The molecule has 43 heavy (non-hydrogen) atoms. The van der Waals surface area contributed by atoms with E-state index in [2.05, 4.69) is 45.0 Å². The lowest BCUT2D eigenvalue weighted by molar-refractivity contribution is -0.137. The standard InChI is InChI=1S/C24H25F4N7O2.C6H14/c1-2-3-15-10-16(24(26,27)28)12-18(11-15)31-17-4-5-20(29-13-17)22(36)33-34-23-30-14-19(25)21(32-23)35-6-8-37-9-7-35;1-3-5-6-4-2/h4-5,10-14,31H,2-3,6-9H2,1H3,(H,33,36)(H,30,32,34);3-6H2,1-2H3. The van der Waals surface area contributed by atoms with Crippen molar-refractivity contribution in [2.24, 2.45) is 0 Å². The van der Waals surface area contributed by atoms with Crippen molar-refractivity contribution in [2.75, 3.05) is 41.9 Å². The first-order valence-corrected chi connectivity index (χ1v) is 14.5. The first-order valence-electron chi connectivity index (χ1n) is 14.5. The zero-order valence-corrected chi connectivity index (χ0v) is 24.7. The SMILES string of the molecule is CCCCCC.CCCc1cc(Nc2ccc(C(=O)NNc3ncc(F)c(N4CCOCC4)n3)nc2)cc(C(F)(F)F)c1. The topological polar surface area (TPSA) is 104 Å². The Morgan fingerprint density at radius 3 is 2.28 bits per heavy atom. The van der Waals surface area contributed by atoms with Gasteiger partial charge in [0.25, 0.3) is 5.91 Å². The highest BCUT2D eigenvalue weighted by molar-refractivity contribution is 5.93. The zero-order valence-electron chi connectivity index (χ0n) is 24.7. The van der Waals surface area contributed by atoms with Crippen LogP contribution in [0.1, 0.15) is 74.5 Å². The molecule has 0 atom stereocenters. The number of nitrogens with zero attached hydrogens (tertiary/aromatic N) is 4. The molecule has 13 heteroatoms. The van der Waals surface area contributed by atoms with Gasteiger partial charge in [-0.25, -0.2) is 14.4 Å². The Bertz CT molecular complexity index is 1300. The van der Waals surface area contributed by atoms with Crippen molar-refractivity contribution in [1.82, 2.24) is 20.4 Å². The molecule has 1 aliphatic heterocycles. The van der Waals surface area contributed by atoms with E-state index in [-0.39, 0.29) is 23.1 Å². The Kier molecular flexibility index (Phi) is 12.9. The number of morpholine rings is 1. The maximum atomic E-state index is 14.2. The third-order valence-electron chi connectivity index (χ3n) is 6.42. The van der Waals surface area contributed by atoms with Crippen molar-refractivity contribution >= 4 is 29.0 Å². The number of benzene rings is 1. The second-order valence-electron chi connectivity index (χ2n) is 9.97. The van der Waals surface area contributed by atoms with E-state index in [1.807, 2.05) is 6.92 Å². The molecular weight excluding hydrogens is 566 g/mol. The molecule has 4 rings (SSSR count). The van der Waals surface area contributed by atoms with Gasteiger partial charge in [-0.2, -0.15) is 18.2 Å². The van der Waals surface area contributed by atoms with E-state index in [0.717, 1.165) is 18.3 Å². The molecule has 1 saturated heterocycles. The van der Waals surface area contributed by atoms with E-state index in [9.17, 15) is 22.4 Å². The van der Waals surface area contributed by atoms with Gasteiger partial charge in [0.15, 0.2) is 11.6 Å². The maximum absolute atomic E-state index is 14.2. The number of rotatable bonds is 11. The Hall–Kier alpha value is -4.00. The fourth-order valence-corrected chi connectivity index (χ4v) is 4.22.